The van der Waals surface area contributed by atoms with Gasteiger partial charge in [0.25, 0.3) is 26.0 Å². The van der Waals surface area contributed by atoms with E-state index in [9.17, 15) is 26.7 Å². The van der Waals surface area contributed by atoms with Gasteiger partial charge in [-0.1, -0.05) is 13.0 Å². The highest BCUT2D eigenvalue weighted by Gasteiger charge is 2.33. The van der Waals surface area contributed by atoms with Crippen molar-refractivity contribution in [2.45, 2.75) is 67.5 Å². The molecule has 0 fully saturated rings. The smallest absolute Gasteiger partial charge is 0.271 e. The number of nitrogens with one attached hydrogen (secondary N) is 1. The van der Waals surface area contributed by atoms with E-state index >= 15 is 0 Å². The molecule has 2 N–H and O–H groups in total. The molecule has 0 saturated heterocycles. The minimum Gasteiger partial charge on any atom is -0.490 e. The predicted octanol–water partition coefficient (Wildman–Crippen LogP) is 3.40. The number of fused-ring (bicyclic) bond motifs is 1. The number of aliphatic hydroxyl groups excluding tert-OH is 1. The highest BCUT2D eigenvalue weighted by molar-refractivity contribution is 7.94. The number of nitrogens with zero attached hydrogens (tertiary/aromatic N) is 4. The van der Waals surface area contributed by atoms with Crippen molar-refractivity contribution < 1.29 is 36.2 Å². The molecule has 254 valence electrons. The molecule has 2 aromatic heterocycles. The largest absolute Gasteiger partial charge is 0.490 e. The highest BCUT2D eigenvalue weighted by Crippen LogP contribution is 2.30. The van der Waals surface area contributed by atoms with Crippen molar-refractivity contribution in [1.82, 2.24) is 18.8 Å². The van der Waals surface area contributed by atoms with Gasteiger partial charge < -0.3 is 24.0 Å². The first-order valence-corrected chi connectivity index (χ1v) is 18.9. The minimum absolute atomic E-state index is 0.0142. The van der Waals surface area contributed by atoms with Crippen LogP contribution in [0.1, 0.15) is 50.4 Å². The summed E-state index contributed by atoms with van der Waals surface area (Å²) >= 11 is 1.08. The lowest BCUT2D eigenvalue weighted by Gasteiger charge is -2.35. The van der Waals surface area contributed by atoms with Gasteiger partial charge >= 0.3 is 0 Å². The van der Waals surface area contributed by atoms with E-state index in [0.717, 1.165) is 17.8 Å². The molecule has 0 spiro atoms. The van der Waals surface area contributed by atoms with Crippen molar-refractivity contribution in [3.63, 3.8) is 0 Å². The van der Waals surface area contributed by atoms with Crippen LogP contribution >= 0.6 is 11.3 Å². The Hall–Kier alpha value is -3.02. The lowest BCUT2D eigenvalue weighted by atomic mass is 10.0. The molecule has 1 aromatic carbocycles. The number of hydrogen-bond donors (Lipinski definition) is 2. The van der Waals surface area contributed by atoms with Crippen LogP contribution in [0.3, 0.4) is 0 Å². The van der Waals surface area contributed by atoms with E-state index in [1.54, 1.807) is 42.1 Å². The van der Waals surface area contributed by atoms with E-state index in [1.165, 1.54) is 40.9 Å². The molecule has 0 bridgehead atoms. The van der Waals surface area contributed by atoms with Crippen LogP contribution in [0, 0.1) is 5.92 Å². The van der Waals surface area contributed by atoms with E-state index in [-0.39, 0.29) is 52.2 Å². The van der Waals surface area contributed by atoms with Crippen LogP contribution in [0.5, 0.6) is 5.75 Å². The van der Waals surface area contributed by atoms with Crippen LogP contribution in [0.25, 0.3) is 0 Å². The summed E-state index contributed by atoms with van der Waals surface area (Å²) in [6.07, 6.45) is 4.12. The van der Waals surface area contributed by atoms with Gasteiger partial charge in [0.2, 0.25) is 0 Å². The van der Waals surface area contributed by atoms with Gasteiger partial charge in [0, 0.05) is 51.6 Å². The van der Waals surface area contributed by atoms with Gasteiger partial charge in [-0.05, 0) is 62.8 Å². The van der Waals surface area contributed by atoms with Gasteiger partial charge in [-0.3, -0.25) is 9.52 Å². The van der Waals surface area contributed by atoms with Gasteiger partial charge in [-0.25, -0.2) is 21.8 Å². The molecule has 1 aliphatic rings. The van der Waals surface area contributed by atoms with Gasteiger partial charge in [0.15, 0.2) is 5.03 Å². The average Bonchev–Trinajstić information content (AvgIpc) is 3.72. The summed E-state index contributed by atoms with van der Waals surface area (Å²) in [6, 6.07) is 7.08. The zero-order valence-corrected chi connectivity index (χ0v) is 29.1. The standard InChI is InChI=1S/C30H43N5O8S3/c1-21-16-35(22(2)19-36)30(37)25-15-24(32-45(38,39)29-10-8-14-44-29)11-12-26(25)43-23(3)9-6-7-13-42-27(21)17-34(5)46(40,41)28-18-33(4)20-31-28/h8,10-12,14-15,18,20-23,27,32,36H,6-7,9,13,16-17,19H2,1-5H3/t21-,22+,23-,27+/m0/s1. The molecule has 4 atom stereocenters. The van der Waals surface area contributed by atoms with E-state index in [1.807, 2.05) is 13.8 Å². The summed E-state index contributed by atoms with van der Waals surface area (Å²) in [6.45, 7) is 5.64. The van der Waals surface area contributed by atoms with E-state index < -0.39 is 38.1 Å². The topological polar surface area (TPSA) is 160 Å². The van der Waals surface area contributed by atoms with Crippen molar-refractivity contribution in [2.24, 2.45) is 13.0 Å². The number of aromatic nitrogens is 2. The van der Waals surface area contributed by atoms with Crippen LogP contribution in [-0.2, 0) is 31.8 Å². The molecule has 3 heterocycles. The molecule has 0 unspecified atom stereocenters. The Morgan fingerprint density at radius 3 is 2.61 bits per heavy atom. The second-order valence-electron chi connectivity index (χ2n) is 11.7. The number of sulfonamides is 2. The monoisotopic (exact) mass is 697 g/mol. The third-order valence-electron chi connectivity index (χ3n) is 7.86. The number of imidazole rings is 1. The van der Waals surface area contributed by atoms with Gasteiger partial charge in [0.1, 0.15) is 9.96 Å². The number of likely N-dealkylation sites (N-methyl/N-ethyl adjacent to an activating group) is 1. The molecule has 3 aromatic rings. The average molecular weight is 698 g/mol. The first-order chi connectivity index (χ1) is 21.7. The third kappa shape index (κ3) is 8.66. The Bertz CT molecular complexity index is 1680. The summed E-state index contributed by atoms with van der Waals surface area (Å²) in [5.41, 5.74) is 0.320. The fourth-order valence-electron chi connectivity index (χ4n) is 5.10. The molecular formula is C30H43N5O8S3. The summed E-state index contributed by atoms with van der Waals surface area (Å²) in [4.78, 5) is 19.8. The quantitative estimate of drug-likeness (QED) is 0.342. The number of amides is 1. The third-order valence-corrected chi connectivity index (χ3v) is 12.3. The van der Waals surface area contributed by atoms with Crippen molar-refractivity contribution in [3.8, 4) is 5.75 Å². The summed E-state index contributed by atoms with van der Waals surface area (Å²) < 4.78 is 70.4. The number of rotatable bonds is 9. The first-order valence-electron chi connectivity index (χ1n) is 15.1. The first kappa shape index (κ1) is 35.8. The second-order valence-corrected chi connectivity index (χ2v) is 16.6. The summed E-state index contributed by atoms with van der Waals surface area (Å²) in [5.74, 6) is -0.547. The second kappa shape index (κ2) is 15.3. The molecule has 0 aliphatic carbocycles. The molecule has 1 aliphatic heterocycles. The van der Waals surface area contributed by atoms with Crippen LogP contribution in [-0.4, -0.2) is 98.2 Å². The molecule has 46 heavy (non-hydrogen) atoms. The van der Waals surface area contributed by atoms with Gasteiger partial charge in [-0.2, -0.15) is 4.31 Å². The van der Waals surface area contributed by atoms with E-state index in [4.69, 9.17) is 9.47 Å². The normalized spacial score (nSPS) is 21.3. The number of carbonyl (C=O) groups is 1. The van der Waals surface area contributed by atoms with Crippen LogP contribution in [0.4, 0.5) is 5.69 Å². The number of aryl methyl sites for hydroxylation is 1. The number of benzene rings is 1. The Morgan fingerprint density at radius 2 is 1.96 bits per heavy atom. The van der Waals surface area contributed by atoms with Crippen molar-refractivity contribution in [1.29, 1.82) is 0 Å². The van der Waals surface area contributed by atoms with Crippen LogP contribution in [0.2, 0.25) is 0 Å². The Labute approximate surface area is 275 Å². The summed E-state index contributed by atoms with van der Waals surface area (Å²) in [7, 11) is -4.62. The minimum atomic E-state index is -3.90. The number of anilines is 1. The number of hydrogen-bond acceptors (Lipinski definition) is 10. The Kier molecular flexibility index (Phi) is 11.9. The Morgan fingerprint density at radius 1 is 1.20 bits per heavy atom. The zero-order chi connectivity index (χ0) is 33.6. The van der Waals surface area contributed by atoms with Crippen molar-refractivity contribution >= 4 is 43.0 Å². The maximum absolute atomic E-state index is 14.3. The maximum atomic E-state index is 14.3. The fourth-order valence-corrected chi connectivity index (χ4v) is 8.29. The van der Waals surface area contributed by atoms with Crippen LogP contribution in [0.15, 0.2) is 57.5 Å². The molecule has 0 saturated carbocycles. The maximum Gasteiger partial charge on any atom is 0.271 e. The van der Waals surface area contributed by atoms with Crippen LogP contribution < -0.4 is 9.46 Å². The Balaban J connectivity index is 1.67. The summed E-state index contributed by atoms with van der Waals surface area (Å²) in [5, 5.41) is 11.8. The number of thiophene rings is 1. The van der Waals surface area contributed by atoms with Crippen molar-refractivity contribution in [3.05, 3.63) is 53.8 Å². The van der Waals surface area contributed by atoms with E-state index in [0.29, 0.717) is 25.2 Å². The molecule has 4 rings (SSSR count). The van der Waals surface area contributed by atoms with Gasteiger partial charge in [-0.15, -0.1) is 11.3 Å². The lowest BCUT2D eigenvalue weighted by Crippen LogP contribution is -2.48. The number of carbonyl (C=O) groups excluding carboxylic acids is 1. The zero-order valence-electron chi connectivity index (χ0n) is 26.7. The molecule has 16 heteroatoms. The number of ether oxygens (including phenoxy) is 2. The molecule has 13 nitrogen and oxygen atoms in total. The SMILES string of the molecule is C[C@H](CO)N1C[C@H](C)[C@@H](CN(C)S(=O)(=O)c2cn(C)cn2)OCCCC[C@H](C)Oc2ccc(NS(=O)(=O)c3cccs3)cc2C1=O. The highest BCUT2D eigenvalue weighted by atomic mass is 32.2. The predicted molar refractivity (Wildman–Crippen MR) is 175 cm³/mol. The molecule has 0 radical (unpaired) electrons. The number of aliphatic hydroxyl groups is 1. The molecule has 1 amide bonds. The lowest BCUT2D eigenvalue weighted by molar-refractivity contribution is -0.00835. The van der Waals surface area contributed by atoms with Gasteiger partial charge in [0.05, 0.1) is 36.7 Å². The molecular weight excluding hydrogens is 655 g/mol. The van der Waals surface area contributed by atoms with Crippen molar-refractivity contribution in [2.75, 3.05) is 38.1 Å². The van der Waals surface area contributed by atoms with E-state index in [2.05, 4.69) is 9.71 Å². The fraction of sp³-hybridized carbons (Fsp3) is 0.533.